The number of nitrogens with zero attached hydrogens (tertiary/aromatic N) is 3. The molecule has 0 aliphatic rings. The zero-order chi connectivity index (χ0) is 14.0. The predicted octanol–water partition coefficient (Wildman–Crippen LogP) is 2.87. The smallest absolute Gasteiger partial charge is 0.250 e. The van der Waals surface area contributed by atoms with E-state index < -0.39 is 0 Å². The number of carbonyl (C=O) groups is 1. The highest BCUT2D eigenvalue weighted by Gasteiger charge is 2.15. The van der Waals surface area contributed by atoms with Crippen LogP contribution in [0.3, 0.4) is 0 Å². The van der Waals surface area contributed by atoms with Crippen LogP contribution in [0.25, 0.3) is 11.4 Å². The minimum absolute atomic E-state index is 0.107. The summed E-state index contributed by atoms with van der Waals surface area (Å²) in [5.41, 5.74) is 6.50. The molecule has 0 fully saturated rings. The molecule has 19 heavy (non-hydrogen) atoms. The van der Waals surface area contributed by atoms with Gasteiger partial charge in [-0.25, -0.2) is 0 Å². The van der Waals surface area contributed by atoms with Crippen LogP contribution in [0.15, 0.2) is 24.3 Å². The Kier molecular flexibility index (Phi) is 3.85. The van der Waals surface area contributed by atoms with Gasteiger partial charge in [0.1, 0.15) is 0 Å². The lowest BCUT2D eigenvalue weighted by atomic mass is 10.1. The first-order chi connectivity index (χ1) is 8.97. The van der Waals surface area contributed by atoms with E-state index in [1.807, 2.05) is 13.8 Å². The third kappa shape index (κ3) is 3.12. The highest BCUT2D eigenvalue weighted by Crippen LogP contribution is 2.19. The monoisotopic (exact) mass is 278 g/mol. The number of benzene rings is 1. The van der Waals surface area contributed by atoms with E-state index in [0.29, 0.717) is 17.3 Å². The van der Waals surface area contributed by atoms with Crippen LogP contribution in [0.2, 0.25) is 5.02 Å². The largest absolute Gasteiger partial charge is 0.368 e. The van der Waals surface area contributed by atoms with E-state index in [4.69, 9.17) is 17.3 Å². The van der Waals surface area contributed by atoms with Gasteiger partial charge in [0, 0.05) is 17.0 Å². The number of halogens is 1. The second kappa shape index (κ2) is 5.40. The van der Waals surface area contributed by atoms with Crippen LogP contribution in [0, 0.1) is 5.92 Å². The number of nitrogens with two attached hydrogens (primary N) is 1. The number of nitrogen functional groups attached to an aromatic ring is 1. The van der Waals surface area contributed by atoms with Crippen LogP contribution in [0.5, 0.6) is 0 Å². The number of rotatable bonds is 3. The average molecular weight is 279 g/mol. The van der Waals surface area contributed by atoms with Crippen molar-refractivity contribution in [3.63, 3.8) is 0 Å². The van der Waals surface area contributed by atoms with E-state index in [9.17, 15) is 4.79 Å². The van der Waals surface area contributed by atoms with E-state index >= 15 is 0 Å². The summed E-state index contributed by atoms with van der Waals surface area (Å²) in [7, 11) is 0. The molecule has 0 aliphatic carbocycles. The van der Waals surface area contributed by atoms with Gasteiger partial charge in [0.05, 0.1) is 0 Å². The maximum atomic E-state index is 11.9. The third-order valence-electron chi connectivity index (χ3n) is 2.55. The van der Waals surface area contributed by atoms with E-state index in [1.165, 1.54) is 0 Å². The summed E-state index contributed by atoms with van der Waals surface area (Å²) in [5.74, 6) is 0.622. The standard InChI is InChI=1S/C13H15ClN4O/c1-8(2)7-11(19)18-13(15)16-12(17-18)9-3-5-10(14)6-4-9/h3-6,8H,7H2,1-2H3,(H2,15,16,17). The second-order valence-corrected chi connectivity index (χ2v) is 5.14. The lowest BCUT2D eigenvalue weighted by molar-refractivity contribution is 0.0873. The zero-order valence-corrected chi connectivity index (χ0v) is 11.6. The van der Waals surface area contributed by atoms with Gasteiger partial charge >= 0.3 is 0 Å². The van der Waals surface area contributed by atoms with Crippen LogP contribution in [0.1, 0.15) is 25.1 Å². The molecule has 1 aromatic heterocycles. The highest BCUT2D eigenvalue weighted by atomic mass is 35.5. The van der Waals surface area contributed by atoms with Gasteiger partial charge in [-0.05, 0) is 30.2 Å². The Balaban J connectivity index is 2.30. The van der Waals surface area contributed by atoms with Crippen LogP contribution >= 0.6 is 11.6 Å². The van der Waals surface area contributed by atoms with Gasteiger partial charge in [-0.15, -0.1) is 5.10 Å². The third-order valence-corrected chi connectivity index (χ3v) is 2.81. The molecule has 0 saturated heterocycles. The number of carbonyl (C=O) groups excluding carboxylic acids is 1. The number of hydrogen-bond acceptors (Lipinski definition) is 4. The van der Waals surface area contributed by atoms with Crippen molar-refractivity contribution < 1.29 is 4.79 Å². The fourth-order valence-corrected chi connectivity index (χ4v) is 1.79. The van der Waals surface area contributed by atoms with Gasteiger partial charge in [-0.3, -0.25) is 4.79 Å². The fraction of sp³-hybridized carbons (Fsp3) is 0.308. The minimum atomic E-state index is -0.153. The zero-order valence-electron chi connectivity index (χ0n) is 10.8. The fourth-order valence-electron chi connectivity index (χ4n) is 1.66. The molecule has 6 heteroatoms. The molecule has 0 bridgehead atoms. The van der Waals surface area contributed by atoms with Gasteiger partial charge in [0.2, 0.25) is 11.9 Å². The molecule has 0 aliphatic heterocycles. The van der Waals surface area contributed by atoms with Gasteiger partial charge in [-0.2, -0.15) is 9.67 Å². The van der Waals surface area contributed by atoms with Crippen LogP contribution in [-0.4, -0.2) is 20.7 Å². The van der Waals surface area contributed by atoms with E-state index in [0.717, 1.165) is 10.2 Å². The summed E-state index contributed by atoms with van der Waals surface area (Å²) >= 11 is 5.82. The Morgan fingerprint density at radius 1 is 1.37 bits per heavy atom. The number of hydrogen-bond donors (Lipinski definition) is 1. The normalized spacial score (nSPS) is 10.9. The second-order valence-electron chi connectivity index (χ2n) is 4.70. The topological polar surface area (TPSA) is 73.8 Å². The summed E-state index contributed by atoms with van der Waals surface area (Å²) in [6, 6.07) is 7.05. The Hall–Kier alpha value is -1.88. The SMILES string of the molecule is CC(C)CC(=O)n1nc(-c2ccc(Cl)cc2)nc1N. The molecule has 2 aromatic rings. The van der Waals surface area contributed by atoms with E-state index in [1.54, 1.807) is 24.3 Å². The Morgan fingerprint density at radius 3 is 2.58 bits per heavy atom. The predicted molar refractivity (Wildman–Crippen MR) is 75.0 cm³/mol. The molecule has 0 radical (unpaired) electrons. The Labute approximate surface area is 116 Å². The van der Waals surface area contributed by atoms with Crippen molar-refractivity contribution in [2.45, 2.75) is 20.3 Å². The molecule has 2 rings (SSSR count). The Morgan fingerprint density at radius 2 is 2.00 bits per heavy atom. The lowest BCUT2D eigenvalue weighted by Crippen LogP contribution is -2.17. The summed E-state index contributed by atoms with van der Waals surface area (Å²) in [6.45, 7) is 3.93. The first-order valence-corrected chi connectivity index (χ1v) is 6.37. The molecule has 1 heterocycles. The van der Waals surface area contributed by atoms with Crippen molar-refractivity contribution in [1.82, 2.24) is 14.8 Å². The quantitative estimate of drug-likeness (QED) is 0.937. The summed E-state index contributed by atoms with van der Waals surface area (Å²) in [4.78, 5) is 16.0. The molecule has 100 valence electrons. The van der Waals surface area contributed by atoms with Crippen LogP contribution in [-0.2, 0) is 0 Å². The molecule has 5 nitrogen and oxygen atoms in total. The van der Waals surface area contributed by atoms with E-state index in [2.05, 4.69) is 10.1 Å². The van der Waals surface area contributed by atoms with Gasteiger partial charge in [0.25, 0.3) is 0 Å². The van der Waals surface area contributed by atoms with Crippen molar-refractivity contribution in [2.24, 2.45) is 5.92 Å². The van der Waals surface area contributed by atoms with E-state index in [-0.39, 0.29) is 17.8 Å². The van der Waals surface area contributed by atoms with Crippen molar-refractivity contribution in [3.8, 4) is 11.4 Å². The molecule has 2 N–H and O–H groups in total. The van der Waals surface area contributed by atoms with Gasteiger partial charge in [-0.1, -0.05) is 25.4 Å². The Bertz CT molecular complexity index is 589. The highest BCUT2D eigenvalue weighted by molar-refractivity contribution is 6.30. The average Bonchev–Trinajstić information content (AvgIpc) is 2.71. The molecule has 0 saturated carbocycles. The number of anilines is 1. The molecular weight excluding hydrogens is 264 g/mol. The molecule has 0 atom stereocenters. The minimum Gasteiger partial charge on any atom is -0.368 e. The first-order valence-electron chi connectivity index (χ1n) is 5.99. The van der Waals surface area contributed by atoms with Crippen LogP contribution < -0.4 is 5.73 Å². The summed E-state index contributed by atoms with van der Waals surface area (Å²) in [6.07, 6.45) is 0.383. The van der Waals surface area contributed by atoms with Gasteiger partial charge in [0.15, 0.2) is 5.82 Å². The molecule has 0 spiro atoms. The first kappa shape index (κ1) is 13.5. The van der Waals surface area contributed by atoms with Crippen molar-refractivity contribution in [1.29, 1.82) is 0 Å². The summed E-state index contributed by atoms with van der Waals surface area (Å²) in [5, 5.41) is 4.78. The maximum absolute atomic E-state index is 11.9. The molecule has 0 amide bonds. The van der Waals surface area contributed by atoms with Crippen molar-refractivity contribution in [3.05, 3.63) is 29.3 Å². The van der Waals surface area contributed by atoms with Crippen LogP contribution in [0.4, 0.5) is 5.95 Å². The summed E-state index contributed by atoms with van der Waals surface area (Å²) < 4.78 is 1.16. The van der Waals surface area contributed by atoms with Crippen molar-refractivity contribution >= 4 is 23.5 Å². The molecular formula is C13H15ClN4O. The van der Waals surface area contributed by atoms with Crippen molar-refractivity contribution in [2.75, 3.05) is 5.73 Å². The van der Waals surface area contributed by atoms with Gasteiger partial charge < -0.3 is 5.73 Å². The number of aromatic nitrogens is 3. The molecule has 0 unspecified atom stereocenters. The molecule has 1 aromatic carbocycles. The maximum Gasteiger partial charge on any atom is 0.250 e. The lowest BCUT2D eigenvalue weighted by Gasteiger charge is -2.03.